The predicted octanol–water partition coefficient (Wildman–Crippen LogP) is 2.95. The molecule has 0 radical (unpaired) electrons. The summed E-state index contributed by atoms with van der Waals surface area (Å²) in [6.45, 7) is 5.73. The lowest BCUT2D eigenvalue weighted by Gasteiger charge is -2.39. The first-order valence-corrected chi connectivity index (χ1v) is 11.7. The Bertz CT molecular complexity index is 909. The molecule has 3 heterocycles. The average molecular weight is 446 g/mol. The van der Waals surface area contributed by atoms with Crippen molar-refractivity contribution < 1.29 is 18.7 Å². The van der Waals surface area contributed by atoms with Crippen molar-refractivity contribution in [2.24, 2.45) is 0 Å². The molecule has 2 aliphatic heterocycles. The minimum absolute atomic E-state index is 0.0699. The highest BCUT2D eigenvalue weighted by Gasteiger charge is 2.31. The number of hydrogen-bond acceptors (Lipinski definition) is 5. The van der Waals surface area contributed by atoms with Crippen molar-refractivity contribution in [1.82, 2.24) is 14.7 Å². The van der Waals surface area contributed by atoms with Gasteiger partial charge in [-0.3, -0.25) is 14.5 Å². The zero-order valence-corrected chi connectivity index (χ0v) is 18.6. The van der Waals surface area contributed by atoms with E-state index in [0.29, 0.717) is 38.5 Å². The summed E-state index contributed by atoms with van der Waals surface area (Å²) < 4.78 is 18.4. The van der Waals surface area contributed by atoms with Crippen molar-refractivity contribution in [3.8, 4) is 5.75 Å². The van der Waals surface area contributed by atoms with Crippen molar-refractivity contribution in [3.05, 3.63) is 52.0 Å². The molecule has 0 aliphatic carbocycles. The third-order valence-electron chi connectivity index (χ3n) is 6.06. The van der Waals surface area contributed by atoms with Crippen LogP contribution in [0, 0.1) is 5.82 Å². The van der Waals surface area contributed by atoms with Crippen LogP contribution in [-0.4, -0.2) is 72.4 Å². The molecule has 2 aliphatic rings. The van der Waals surface area contributed by atoms with E-state index in [9.17, 15) is 14.0 Å². The van der Waals surface area contributed by atoms with Crippen LogP contribution < -0.4 is 4.74 Å². The number of rotatable bonds is 6. The van der Waals surface area contributed by atoms with Gasteiger partial charge in [-0.1, -0.05) is 6.92 Å². The zero-order chi connectivity index (χ0) is 21.8. The lowest BCUT2D eigenvalue weighted by molar-refractivity contribution is -0.137. The molecule has 0 N–H and O–H groups in total. The molecule has 1 saturated heterocycles. The molecule has 1 aromatic heterocycles. The number of carbonyl (C=O) groups is 2. The van der Waals surface area contributed by atoms with Gasteiger partial charge in [-0.2, -0.15) is 0 Å². The molecule has 4 rings (SSSR count). The molecular formula is C23H28FN3O3S. The van der Waals surface area contributed by atoms with E-state index < -0.39 is 0 Å². The van der Waals surface area contributed by atoms with Gasteiger partial charge in [0.15, 0.2) is 6.61 Å². The highest BCUT2D eigenvalue weighted by molar-refractivity contribution is 7.10. The molecule has 1 fully saturated rings. The second kappa shape index (κ2) is 9.78. The molecule has 2 aromatic rings. The number of halogens is 1. The van der Waals surface area contributed by atoms with Gasteiger partial charge in [-0.05, 0) is 54.1 Å². The molecule has 8 heteroatoms. The van der Waals surface area contributed by atoms with Crippen molar-refractivity contribution in [2.75, 3.05) is 45.9 Å². The Kier molecular flexibility index (Phi) is 6.87. The Labute approximate surface area is 186 Å². The van der Waals surface area contributed by atoms with Crippen LogP contribution in [-0.2, 0) is 16.0 Å². The molecule has 166 valence electrons. The molecule has 0 spiro atoms. The van der Waals surface area contributed by atoms with Crippen molar-refractivity contribution in [1.29, 1.82) is 0 Å². The van der Waals surface area contributed by atoms with Gasteiger partial charge in [0.1, 0.15) is 11.6 Å². The maximum absolute atomic E-state index is 13.0. The SMILES string of the molecule is CCC1c2ccsc2CCN1C(=O)CN1CCN(C(=O)COc2ccc(F)cc2)CC1. The quantitative estimate of drug-likeness (QED) is 0.686. The second-order valence-electron chi connectivity index (χ2n) is 7.96. The van der Waals surface area contributed by atoms with Gasteiger partial charge >= 0.3 is 0 Å². The summed E-state index contributed by atoms with van der Waals surface area (Å²) >= 11 is 1.79. The van der Waals surface area contributed by atoms with E-state index in [1.807, 2.05) is 4.90 Å². The van der Waals surface area contributed by atoms with Crippen LogP contribution in [0.4, 0.5) is 4.39 Å². The van der Waals surface area contributed by atoms with Gasteiger partial charge in [0.2, 0.25) is 5.91 Å². The van der Waals surface area contributed by atoms with Gasteiger partial charge < -0.3 is 14.5 Å². The fourth-order valence-corrected chi connectivity index (χ4v) is 5.27. The highest BCUT2D eigenvalue weighted by atomic mass is 32.1. The molecule has 1 atom stereocenters. The van der Waals surface area contributed by atoms with Crippen LogP contribution in [0.1, 0.15) is 29.8 Å². The molecule has 31 heavy (non-hydrogen) atoms. The molecule has 1 unspecified atom stereocenters. The Morgan fingerprint density at radius 3 is 2.52 bits per heavy atom. The third-order valence-corrected chi connectivity index (χ3v) is 7.06. The normalized spacial score (nSPS) is 19.2. The zero-order valence-electron chi connectivity index (χ0n) is 17.8. The number of benzene rings is 1. The van der Waals surface area contributed by atoms with E-state index in [0.717, 1.165) is 19.4 Å². The number of amides is 2. The van der Waals surface area contributed by atoms with E-state index in [2.05, 4.69) is 23.3 Å². The fraction of sp³-hybridized carbons (Fsp3) is 0.478. The molecule has 2 amide bonds. The number of fused-ring (bicyclic) bond motifs is 1. The third kappa shape index (κ3) is 5.07. The van der Waals surface area contributed by atoms with E-state index in [1.165, 1.54) is 34.7 Å². The lowest BCUT2D eigenvalue weighted by atomic mass is 9.97. The maximum atomic E-state index is 13.0. The summed E-state index contributed by atoms with van der Waals surface area (Å²) in [7, 11) is 0. The van der Waals surface area contributed by atoms with E-state index >= 15 is 0 Å². The van der Waals surface area contributed by atoms with Gasteiger partial charge in [0.05, 0.1) is 12.6 Å². The number of carbonyl (C=O) groups excluding carboxylic acids is 2. The van der Waals surface area contributed by atoms with Gasteiger partial charge in [-0.25, -0.2) is 4.39 Å². The minimum Gasteiger partial charge on any atom is -0.484 e. The van der Waals surface area contributed by atoms with Crippen LogP contribution in [0.3, 0.4) is 0 Å². The van der Waals surface area contributed by atoms with Crippen LogP contribution in [0.5, 0.6) is 5.75 Å². The summed E-state index contributed by atoms with van der Waals surface area (Å²) in [5.74, 6) is 0.208. The number of ether oxygens (including phenoxy) is 1. The number of nitrogens with zero attached hydrogens (tertiary/aromatic N) is 3. The number of piperazine rings is 1. The minimum atomic E-state index is -0.338. The highest BCUT2D eigenvalue weighted by Crippen LogP contribution is 2.35. The maximum Gasteiger partial charge on any atom is 0.260 e. The van der Waals surface area contributed by atoms with E-state index in [4.69, 9.17) is 4.74 Å². The summed E-state index contributed by atoms with van der Waals surface area (Å²) in [6.07, 6.45) is 1.86. The van der Waals surface area contributed by atoms with Gasteiger partial charge in [-0.15, -0.1) is 11.3 Å². The second-order valence-corrected chi connectivity index (χ2v) is 8.96. The molecule has 0 saturated carbocycles. The summed E-state index contributed by atoms with van der Waals surface area (Å²) in [5, 5.41) is 2.12. The topological polar surface area (TPSA) is 53.1 Å². The summed E-state index contributed by atoms with van der Waals surface area (Å²) in [5.41, 5.74) is 1.31. The van der Waals surface area contributed by atoms with Crippen LogP contribution in [0.25, 0.3) is 0 Å². The monoisotopic (exact) mass is 445 g/mol. The van der Waals surface area contributed by atoms with Crippen LogP contribution in [0.2, 0.25) is 0 Å². The largest absolute Gasteiger partial charge is 0.484 e. The predicted molar refractivity (Wildman–Crippen MR) is 118 cm³/mol. The Balaban J connectivity index is 1.24. The fourth-order valence-electron chi connectivity index (χ4n) is 4.34. The molecule has 6 nitrogen and oxygen atoms in total. The van der Waals surface area contributed by atoms with Gasteiger partial charge in [0, 0.05) is 37.6 Å². The first kappa shape index (κ1) is 21.8. The van der Waals surface area contributed by atoms with E-state index in [1.54, 1.807) is 16.2 Å². The molecule has 1 aromatic carbocycles. The van der Waals surface area contributed by atoms with Crippen LogP contribution in [0.15, 0.2) is 35.7 Å². The Morgan fingerprint density at radius 2 is 1.81 bits per heavy atom. The smallest absolute Gasteiger partial charge is 0.260 e. The standard InChI is InChI=1S/C23H28FN3O3S/c1-2-20-19-8-14-31-21(19)7-9-27(20)22(28)15-25-10-12-26(13-11-25)23(29)16-30-18-5-3-17(24)4-6-18/h3-6,8,14,20H,2,7,9-13,15-16H2,1H3. The Hall–Kier alpha value is -2.45. The average Bonchev–Trinajstić information content (AvgIpc) is 3.27. The number of hydrogen-bond donors (Lipinski definition) is 0. The molecular weight excluding hydrogens is 417 g/mol. The van der Waals surface area contributed by atoms with Crippen molar-refractivity contribution in [2.45, 2.75) is 25.8 Å². The number of thiophene rings is 1. The van der Waals surface area contributed by atoms with E-state index in [-0.39, 0.29) is 30.3 Å². The Morgan fingerprint density at radius 1 is 1.06 bits per heavy atom. The first-order chi connectivity index (χ1) is 15.0. The summed E-state index contributed by atoms with van der Waals surface area (Å²) in [4.78, 5) is 32.8. The lowest BCUT2D eigenvalue weighted by Crippen LogP contribution is -2.53. The van der Waals surface area contributed by atoms with Gasteiger partial charge in [0.25, 0.3) is 5.91 Å². The molecule has 0 bridgehead atoms. The van der Waals surface area contributed by atoms with Crippen molar-refractivity contribution >= 4 is 23.2 Å². The van der Waals surface area contributed by atoms with Crippen molar-refractivity contribution in [3.63, 3.8) is 0 Å². The summed E-state index contributed by atoms with van der Waals surface area (Å²) in [6, 6.07) is 7.96. The van der Waals surface area contributed by atoms with Crippen LogP contribution >= 0.6 is 11.3 Å². The first-order valence-electron chi connectivity index (χ1n) is 10.8.